The van der Waals surface area contributed by atoms with Crippen molar-refractivity contribution in [2.24, 2.45) is 4.99 Å². The molecule has 0 saturated carbocycles. The highest BCUT2D eigenvalue weighted by Gasteiger charge is 2.20. The van der Waals surface area contributed by atoms with E-state index < -0.39 is 4.92 Å². The van der Waals surface area contributed by atoms with Gasteiger partial charge in [0.25, 0.3) is 0 Å². The monoisotopic (exact) mass is 551 g/mol. The van der Waals surface area contributed by atoms with Crippen LogP contribution in [0.25, 0.3) is 0 Å². The molecule has 1 unspecified atom stereocenters. The van der Waals surface area contributed by atoms with Crippen LogP contribution in [0.15, 0.2) is 17.4 Å². The number of carbonyl (C=O) groups excluding carboxylic acids is 1. The van der Waals surface area contributed by atoms with Crippen molar-refractivity contribution < 1.29 is 14.5 Å². The van der Waals surface area contributed by atoms with E-state index in [1.165, 1.54) is 28.4 Å². The molecule has 0 amide bonds. The summed E-state index contributed by atoms with van der Waals surface area (Å²) in [5.74, 6) is 0.210. The molecule has 166 valence electrons. The molecule has 0 aliphatic carbocycles. The zero-order valence-electron chi connectivity index (χ0n) is 17.2. The van der Waals surface area contributed by atoms with Gasteiger partial charge < -0.3 is 15.4 Å². The number of ether oxygens (including phenoxy) is 1. The van der Waals surface area contributed by atoms with E-state index in [9.17, 15) is 14.9 Å². The molecule has 0 aliphatic heterocycles. The summed E-state index contributed by atoms with van der Waals surface area (Å²) in [5, 5.41) is 21.8. The lowest BCUT2D eigenvalue weighted by atomic mass is 10.3. The van der Waals surface area contributed by atoms with Crippen molar-refractivity contribution in [3.8, 4) is 0 Å². The SMILES string of the molecule is CCNC(=NCCn1cc([N+](=O)[O-])cn1)NC(C)c1nc(C)c(C(=O)OCC)s1.I. The Morgan fingerprint density at radius 1 is 1.47 bits per heavy atom. The molecule has 0 fully saturated rings. The highest BCUT2D eigenvalue weighted by Crippen LogP contribution is 2.24. The number of carbonyl (C=O) groups is 1. The predicted molar refractivity (Wildman–Crippen MR) is 125 cm³/mol. The molecule has 0 bridgehead atoms. The van der Waals surface area contributed by atoms with Crippen LogP contribution in [0, 0.1) is 17.0 Å². The Bertz CT molecular complexity index is 883. The van der Waals surface area contributed by atoms with Crippen LogP contribution in [0.4, 0.5) is 5.69 Å². The summed E-state index contributed by atoms with van der Waals surface area (Å²) in [4.78, 5) is 31.7. The summed E-state index contributed by atoms with van der Waals surface area (Å²) in [6.07, 6.45) is 2.58. The van der Waals surface area contributed by atoms with Gasteiger partial charge in [-0.3, -0.25) is 19.8 Å². The van der Waals surface area contributed by atoms with Crippen molar-refractivity contribution in [2.75, 3.05) is 19.7 Å². The summed E-state index contributed by atoms with van der Waals surface area (Å²) < 4.78 is 6.53. The van der Waals surface area contributed by atoms with Crippen LogP contribution in [0.1, 0.15) is 47.2 Å². The molecule has 0 saturated heterocycles. The van der Waals surface area contributed by atoms with Gasteiger partial charge in [-0.15, -0.1) is 35.3 Å². The van der Waals surface area contributed by atoms with Gasteiger partial charge in [0, 0.05) is 6.54 Å². The number of guanidine groups is 1. The second-order valence-electron chi connectivity index (χ2n) is 6.03. The van der Waals surface area contributed by atoms with Gasteiger partial charge in [0.05, 0.1) is 36.4 Å². The number of hydrogen-bond acceptors (Lipinski definition) is 8. The Labute approximate surface area is 195 Å². The van der Waals surface area contributed by atoms with E-state index in [-0.39, 0.29) is 41.7 Å². The minimum absolute atomic E-state index is 0. The average Bonchev–Trinajstić information content (AvgIpc) is 3.29. The van der Waals surface area contributed by atoms with Crippen LogP contribution < -0.4 is 10.6 Å². The van der Waals surface area contributed by atoms with Gasteiger partial charge in [0.2, 0.25) is 0 Å². The number of thiazole rings is 1. The summed E-state index contributed by atoms with van der Waals surface area (Å²) in [6.45, 7) is 9.18. The number of nitro groups is 1. The van der Waals surface area contributed by atoms with Crippen molar-refractivity contribution in [1.29, 1.82) is 0 Å². The third-order valence-electron chi connectivity index (χ3n) is 3.77. The van der Waals surface area contributed by atoms with Crippen molar-refractivity contribution in [2.45, 2.75) is 40.3 Å². The van der Waals surface area contributed by atoms with Gasteiger partial charge >= 0.3 is 11.7 Å². The molecule has 0 radical (unpaired) electrons. The van der Waals surface area contributed by atoms with E-state index in [0.29, 0.717) is 42.8 Å². The van der Waals surface area contributed by atoms with Gasteiger partial charge in [0.1, 0.15) is 22.3 Å². The fraction of sp³-hybridized carbons (Fsp3) is 0.529. The number of halogens is 1. The first kappa shape index (κ1) is 25.7. The quantitative estimate of drug-likeness (QED) is 0.121. The standard InChI is InChI=1S/C17H25N7O4S.HI/c1-5-18-17(19-7-8-23-10-13(9-20-23)24(26)27)22-12(4)15-21-11(3)14(29-15)16(25)28-6-2;/h9-10,12H,5-8H2,1-4H3,(H2,18,19,22);1H. The molecule has 0 aromatic carbocycles. The lowest BCUT2D eigenvalue weighted by molar-refractivity contribution is -0.385. The summed E-state index contributed by atoms with van der Waals surface area (Å²) in [5.41, 5.74) is 0.587. The zero-order valence-corrected chi connectivity index (χ0v) is 20.4. The fourth-order valence-corrected chi connectivity index (χ4v) is 3.37. The molecule has 2 N–H and O–H groups in total. The number of rotatable bonds is 9. The first-order valence-electron chi connectivity index (χ1n) is 9.21. The van der Waals surface area contributed by atoms with E-state index in [1.54, 1.807) is 13.8 Å². The lowest BCUT2D eigenvalue weighted by Crippen LogP contribution is -2.39. The smallest absolute Gasteiger partial charge is 0.350 e. The molecule has 0 spiro atoms. The Morgan fingerprint density at radius 3 is 2.80 bits per heavy atom. The number of nitrogens with zero attached hydrogens (tertiary/aromatic N) is 5. The zero-order chi connectivity index (χ0) is 21.4. The molecule has 2 heterocycles. The fourth-order valence-electron chi connectivity index (χ4n) is 2.41. The average molecular weight is 551 g/mol. The van der Waals surface area contributed by atoms with E-state index in [1.807, 2.05) is 13.8 Å². The molecule has 2 aromatic rings. The molecular weight excluding hydrogens is 525 g/mol. The van der Waals surface area contributed by atoms with Crippen molar-refractivity contribution in [3.05, 3.63) is 38.1 Å². The molecule has 11 nitrogen and oxygen atoms in total. The molecule has 2 rings (SSSR count). The number of aryl methyl sites for hydroxylation is 1. The molecular formula is C17H26IN7O4S. The van der Waals surface area contributed by atoms with E-state index in [0.717, 1.165) is 5.01 Å². The third-order valence-corrected chi connectivity index (χ3v) is 5.09. The van der Waals surface area contributed by atoms with Gasteiger partial charge in [-0.05, 0) is 27.7 Å². The van der Waals surface area contributed by atoms with E-state index >= 15 is 0 Å². The van der Waals surface area contributed by atoms with Crippen LogP contribution in [-0.2, 0) is 11.3 Å². The Morgan fingerprint density at radius 2 is 2.20 bits per heavy atom. The molecule has 2 aromatic heterocycles. The predicted octanol–water partition coefficient (Wildman–Crippen LogP) is 2.67. The normalized spacial score (nSPS) is 12.1. The second-order valence-corrected chi connectivity index (χ2v) is 7.06. The van der Waals surface area contributed by atoms with Gasteiger partial charge in [0.15, 0.2) is 5.96 Å². The van der Waals surface area contributed by atoms with E-state index in [4.69, 9.17) is 4.74 Å². The third kappa shape index (κ3) is 7.19. The number of hydrogen-bond donors (Lipinski definition) is 2. The molecule has 13 heteroatoms. The maximum Gasteiger partial charge on any atom is 0.350 e. The Balaban J connectivity index is 0.00000450. The van der Waals surface area contributed by atoms with Crippen LogP contribution >= 0.6 is 35.3 Å². The first-order valence-corrected chi connectivity index (χ1v) is 10.0. The van der Waals surface area contributed by atoms with Crippen LogP contribution in [-0.4, -0.2) is 51.3 Å². The van der Waals surface area contributed by atoms with Crippen molar-refractivity contribution >= 4 is 52.9 Å². The maximum atomic E-state index is 12.0. The second kappa shape index (κ2) is 12.4. The van der Waals surface area contributed by atoms with Crippen molar-refractivity contribution in [3.63, 3.8) is 0 Å². The highest BCUT2D eigenvalue weighted by molar-refractivity contribution is 14.0. The number of nitrogens with one attached hydrogen (secondary N) is 2. The number of aromatic nitrogens is 3. The minimum atomic E-state index is -0.485. The summed E-state index contributed by atoms with van der Waals surface area (Å²) in [7, 11) is 0. The maximum absolute atomic E-state index is 12.0. The van der Waals surface area contributed by atoms with Crippen LogP contribution in [0.3, 0.4) is 0 Å². The topological polar surface area (TPSA) is 137 Å². The lowest BCUT2D eigenvalue weighted by Gasteiger charge is -2.16. The Kier molecular flexibility index (Phi) is 10.7. The van der Waals surface area contributed by atoms with Crippen LogP contribution in [0.2, 0.25) is 0 Å². The summed E-state index contributed by atoms with van der Waals surface area (Å²) in [6, 6.07) is -0.175. The Hall–Kier alpha value is -2.29. The highest BCUT2D eigenvalue weighted by atomic mass is 127. The number of aliphatic imine (C=N–C) groups is 1. The van der Waals surface area contributed by atoms with E-state index in [2.05, 4.69) is 25.7 Å². The van der Waals surface area contributed by atoms with Gasteiger partial charge in [-0.25, -0.2) is 9.78 Å². The molecule has 1 atom stereocenters. The van der Waals surface area contributed by atoms with Gasteiger partial charge in [-0.2, -0.15) is 5.10 Å². The largest absolute Gasteiger partial charge is 0.462 e. The van der Waals surface area contributed by atoms with Crippen LogP contribution in [0.5, 0.6) is 0 Å². The molecule has 0 aliphatic rings. The first-order chi connectivity index (χ1) is 13.8. The molecule has 30 heavy (non-hydrogen) atoms. The minimum Gasteiger partial charge on any atom is -0.462 e. The van der Waals surface area contributed by atoms with Crippen molar-refractivity contribution in [1.82, 2.24) is 25.4 Å². The number of esters is 1. The summed E-state index contributed by atoms with van der Waals surface area (Å²) >= 11 is 1.29. The van der Waals surface area contributed by atoms with Gasteiger partial charge in [-0.1, -0.05) is 0 Å².